The van der Waals surface area contributed by atoms with Crippen molar-refractivity contribution >= 4 is 18.2 Å². The fourth-order valence-corrected chi connectivity index (χ4v) is 1.58. The van der Waals surface area contributed by atoms with Crippen molar-refractivity contribution in [2.24, 2.45) is 10.8 Å². The lowest BCUT2D eigenvalue weighted by molar-refractivity contribution is 0.0730. The Bertz CT molecular complexity index is 714. The predicted octanol–water partition coefficient (Wildman–Crippen LogP) is 2.05. The number of rotatable bonds is 4. The second kappa shape index (κ2) is 6.98. The van der Waals surface area contributed by atoms with Crippen LogP contribution in [0.5, 0.6) is 5.75 Å². The van der Waals surface area contributed by atoms with E-state index in [0.29, 0.717) is 5.56 Å². The Balaban J connectivity index is 2.02. The summed E-state index contributed by atoms with van der Waals surface area (Å²) >= 11 is 0. The van der Waals surface area contributed by atoms with Crippen LogP contribution in [0.3, 0.4) is 0 Å². The summed E-state index contributed by atoms with van der Waals surface area (Å²) in [6.07, 6.45) is 1.37. The molecule has 0 aliphatic rings. The van der Waals surface area contributed by atoms with Crippen molar-refractivity contribution in [3.63, 3.8) is 0 Å². The first-order valence-corrected chi connectivity index (χ1v) is 6.21. The Morgan fingerprint density at radius 2 is 1.82 bits per heavy atom. The lowest BCUT2D eigenvalue weighted by Gasteiger charge is -2.05. The van der Waals surface area contributed by atoms with Crippen LogP contribution in [0.4, 0.5) is 9.18 Å². The monoisotopic (exact) mass is 301 g/mol. The van der Waals surface area contributed by atoms with Crippen molar-refractivity contribution in [3.05, 3.63) is 65.5 Å². The molecule has 3 N–H and O–H groups in total. The van der Waals surface area contributed by atoms with E-state index in [0.717, 1.165) is 0 Å². The summed E-state index contributed by atoms with van der Waals surface area (Å²) in [5.74, 6) is -1.17. The van der Waals surface area contributed by atoms with Gasteiger partial charge in [0.15, 0.2) is 0 Å². The highest BCUT2D eigenvalue weighted by molar-refractivity contribution is 5.91. The van der Waals surface area contributed by atoms with Crippen molar-refractivity contribution in [2.75, 3.05) is 0 Å². The fraction of sp³-hybridized carbons (Fsp3) is 0. The van der Waals surface area contributed by atoms with Gasteiger partial charge < -0.3 is 10.5 Å². The highest BCUT2D eigenvalue weighted by Gasteiger charge is 2.12. The molecule has 0 saturated carbocycles. The standard InChI is InChI=1S/C15H12FN3O3/c16-13-4-2-1-3-12(13)14(20)22-11-7-5-10(6-8-11)9-18-19-15(17)21/h1-9H,(H3,17,19,21)/b18-9-. The molecule has 0 aliphatic heterocycles. The van der Waals surface area contributed by atoms with Gasteiger partial charge in [0.2, 0.25) is 0 Å². The molecule has 2 rings (SSSR count). The Hall–Kier alpha value is -3.22. The van der Waals surface area contributed by atoms with Crippen LogP contribution in [-0.2, 0) is 0 Å². The van der Waals surface area contributed by atoms with Crippen LogP contribution >= 0.6 is 0 Å². The van der Waals surface area contributed by atoms with Gasteiger partial charge in [-0.15, -0.1) is 0 Å². The number of amides is 2. The zero-order chi connectivity index (χ0) is 15.9. The molecule has 2 aromatic rings. The Labute approximate surface area is 125 Å². The summed E-state index contributed by atoms with van der Waals surface area (Å²) < 4.78 is 18.5. The number of nitrogens with two attached hydrogens (primary N) is 1. The Morgan fingerprint density at radius 3 is 2.45 bits per heavy atom. The van der Waals surface area contributed by atoms with Crippen LogP contribution in [-0.4, -0.2) is 18.2 Å². The van der Waals surface area contributed by atoms with Crippen LogP contribution in [0.25, 0.3) is 0 Å². The maximum absolute atomic E-state index is 13.4. The number of benzene rings is 2. The molecule has 0 radical (unpaired) electrons. The lowest BCUT2D eigenvalue weighted by Crippen LogP contribution is -2.24. The fourth-order valence-electron chi connectivity index (χ4n) is 1.58. The third-order valence-corrected chi connectivity index (χ3v) is 2.57. The first kappa shape index (κ1) is 15.2. The average molecular weight is 301 g/mol. The largest absolute Gasteiger partial charge is 0.423 e. The van der Waals surface area contributed by atoms with Crippen LogP contribution in [0, 0.1) is 5.82 Å². The minimum Gasteiger partial charge on any atom is -0.423 e. The number of hydrogen-bond donors (Lipinski definition) is 2. The van der Waals surface area contributed by atoms with Crippen molar-refractivity contribution in [2.45, 2.75) is 0 Å². The molecular weight excluding hydrogens is 289 g/mol. The number of urea groups is 1. The average Bonchev–Trinajstić information content (AvgIpc) is 2.49. The number of nitrogens with one attached hydrogen (secondary N) is 1. The minimum atomic E-state index is -0.782. The third kappa shape index (κ3) is 4.14. The predicted molar refractivity (Wildman–Crippen MR) is 78.1 cm³/mol. The molecule has 6 nitrogen and oxygen atoms in total. The zero-order valence-electron chi connectivity index (χ0n) is 11.3. The van der Waals surface area contributed by atoms with Gasteiger partial charge in [-0.25, -0.2) is 19.4 Å². The molecule has 0 bridgehead atoms. The van der Waals surface area contributed by atoms with Gasteiger partial charge in [0, 0.05) is 0 Å². The molecule has 2 amide bonds. The van der Waals surface area contributed by atoms with Crippen molar-refractivity contribution in [1.82, 2.24) is 5.43 Å². The smallest absolute Gasteiger partial charge is 0.346 e. The van der Waals surface area contributed by atoms with E-state index in [1.54, 1.807) is 18.2 Å². The summed E-state index contributed by atoms with van der Waals surface area (Å²) in [4.78, 5) is 22.3. The van der Waals surface area contributed by atoms with Crippen molar-refractivity contribution in [3.8, 4) is 5.75 Å². The van der Waals surface area contributed by atoms with E-state index in [2.05, 4.69) is 5.10 Å². The molecular formula is C15H12FN3O3. The van der Waals surface area contributed by atoms with E-state index >= 15 is 0 Å². The topological polar surface area (TPSA) is 93.8 Å². The van der Waals surface area contributed by atoms with Gasteiger partial charge in [-0.3, -0.25) is 0 Å². The molecule has 0 unspecified atom stereocenters. The molecule has 0 fully saturated rings. The molecule has 2 aromatic carbocycles. The highest BCUT2D eigenvalue weighted by Crippen LogP contribution is 2.15. The molecule has 22 heavy (non-hydrogen) atoms. The molecule has 0 spiro atoms. The molecule has 112 valence electrons. The molecule has 0 aliphatic carbocycles. The van der Waals surface area contributed by atoms with E-state index in [1.165, 1.54) is 36.5 Å². The number of halogens is 1. The summed E-state index contributed by atoms with van der Waals surface area (Å²) in [6, 6.07) is 11.0. The van der Waals surface area contributed by atoms with E-state index < -0.39 is 17.8 Å². The van der Waals surface area contributed by atoms with E-state index in [9.17, 15) is 14.0 Å². The van der Waals surface area contributed by atoms with Gasteiger partial charge in [-0.1, -0.05) is 12.1 Å². The van der Waals surface area contributed by atoms with Crippen LogP contribution in [0.1, 0.15) is 15.9 Å². The number of hydrogen-bond acceptors (Lipinski definition) is 4. The van der Waals surface area contributed by atoms with E-state index in [1.807, 2.05) is 5.43 Å². The molecule has 7 heteroatoms. The number of ether oxygens (including phenoxy) is 1. The summed E-state index contributed by atoms with van der Waals surface area (Å²) in [5, 5.41) is 3.58. The van der Waals surface area contributed by atoms with Crippen LogP contribution in [0.15, 0.2) is 53.6 Å². The highest BCUT2D eigenvalue weighted by atomic mass is 19.1. The molecule has 0 atom stereocenters. The lowest BCUT2D eigenvalue weighted by atomic mass is 10.2. The van der Waals surface area contributed by atoms with Crippen molar-refractivity contribution in [1.29, 1.82) is 0 Å². The number of nitrogens with zero attached hydrogens (tertiary/aromatic N) is 1. The van der Waals surface area contributed by atoms with Gasteiger partial charge in [-0.05, 0) is 42.0 Å². The summed E-state index contributed by atoms with van der Waals surface area (Å²) in [5.41, 5.74) is 7.41. The second-order valence-electron chi connectivity index (χ2n) is 4.17. The maximum Gasteiger partial charge on any atom is 0.346 e. The quantitative estimate of drug-likeness (QED) is 0.391. The summed E-state index contributed by atoms with van der Waals surface area (Å²) in [6.45, 7) is 0. The van der Waals surface area contributed by atoms with Crippen LogP contribution < -0.4 is 15.9 Å². The Kier molecular flexibility index (Phi) is 4.81. The zero-order valence-corrected chi connectivity index (χ0v) is 11.3. The van der Waals surface area contributed by atoms with Gasteiger partial charge in [0.25, 0.3) is 0 Å². The Morgan fingerprint density at radius 1 is 1.14 bits per heavy atom. The van der Waals surface area contributed by atoms with Gasteiger partial charge in [0.05, 0.1) is 11.8 Å². The number of hydrazone groups is 1. The SMILES string of the molecule is NC(=O)N/N=C\c1ccc(OC(=O)c2ccccc2F)cc1. The van der Waals surface area contributed by atoms with Gasteiger partial charge in [-0.2, -0.15) is 5.10 Å². The van der Waals surface area contributed by atoms with Gasteiger partial charge in [0.1, 0.15) is 11.6 Å². The molecule has 0 aromatic heterocycles. The first-order chi connectivity index (χ1) is 10.6. The normalized spacial score (nSPS) is 10.4. The van der Waals surface area contributed by atoms with E-state index in [-0.39, 0.29) is 11.3 Å². The third-order valence-electron chi connectivity index (χ3n) is 2.57. The van der Waals surface area contributed by atoms with Crippen molar-refractivity contribution < 1.29 is 18.7 Å². The number of carbonyl (C=O) groups is 2. The van der Waals surface area contributed by atoms with Gasteiger partial charge >= 0.3 is 12.0 Å². The second-order valence-corrected chi connectivity index (χ2v) is 4.17. The van der Waals surface area contributed by atoms with Crippen LogP contribution in [0.2, 0.25) is 0 Å². The number of carbonyl (C=O) groups excluding carboxylic acids is 2. The first-order valence-electron chi connectivity index (χ1n) is 6.21. The summed E-state index contributed by atoms with van der Waals surface area (Å²) in [7, 11) is 0. The number of esters is 1. The molecule has 0 heterocycles. The minimum absolute atomic E-state index is 0.140. The maximum atomic E-state index is 13.4. The number of primary amides is 1. The molecule has 0 saturated heterocycles. The van der Waals surface area contributed by atoms with E-state index in [4.69, 9.17) is 10.5 Å².